The zero-order valence-electron chi connectivity index (χ0n) is 16.4. The fourth-order valence-corrected chi connectivity index (χ4v) is 3.30. The summed E-state index contributed by atoms with van der Waals surface area (Å²) in [5, 5.41) is 15.9. The van der Waals surface area contributed by atoms with Crippen LogP contribution in [0.15, 0.2) is 53.4 Å². The van der Waals surface area contributed by atoms with Gasteiger partial charge in [0.25, 0.3) is 0 Å². The molecule has 0 radical (unpaired) electrons. The number of nitrogens with two attached hydrogens (primary N) is 1. The minimum atomic E-state index is -3.72. The molecule has 166 valence electrons. The molecule has 0 aliphatic carbocycles. The van der Waals surface area contributed by atoms with E-state index in [9.17, 15) is 17.2 Å². The molecular formula is C19H17F2N7O3S. The SMILES string of the molecule is NS(=O)(=O)CCNc1nc(-c2cc(-c3ccon3)n(Cc3ccccc3F)n2)ncc1F. The van der Waals surface area contributed by atoms with Gasteiger partial charge in [-0.05, 0) is 12.1 Å². The highest BCUT2D eigenvalue weighted by atomic mass is 32.2. The Morgan fingerprint density at radius 3 is 2.66 bits per heavy atom. The maximum atomic E-state index is 14.2. The summed E-state index contributed by atoms with van der Waals surface area (Å²) < 4.78 is 56.8. The molecule has 3 aromatic heterocycles. The lowest BCUT2D eigenvalue weighted by molar-refractivity contribution is 0.421. The van der Waals surface area contributed by atoms with Crippen molar-refractivity contribution in [3.05, 3.63) is 66.1 Å². The van der Waals surface area contributed by atoms with Crippen LogP contribution in [0.4, 0.5) is 14.6 Å². The molecule has 10 nitrogen and oxygen atoms in total. The smallest absolute Gasteiger partial charge is 0.210 e. The van der Waals surface area contributed by atoms with Crippen molar-refractivity contribution >= 4 is 15.8 Å². The lowest BCUT2D eigenvalue weighted by Gasteiger charge is -2.07. The highest BCUT2D eigenvalue weighted by Crippen LogP contribution is 2.25. The van der Waals surface area contributed by atoms with Crippen molar-refractivity contribution in [3.63, 3.8) is 0 Å². The van der Waals surface area contributed by atoms with Crippen molar-refractivity contribution in [2.24, 2.45) is 5.14 Å². The lowest BCUT2D eigenvalue weighted by Crippen LogP contribution is -2.23. The van der Waals surface area contributed by atoms with Gasteiger partial charge < -0.3 is 9.84 Å². The van der Waals surface area contributed by atoms with Gasteiger partial charge >= 0.3 is 0 Å². The fraction of sp³-hybridized carbons (Fsp3) is 0.158. The van der Waals surface area contributed by atoms with E-state index in [0.29, 0.717) is 17.0 Å². The topological polar surface area (TPSA) is 142 Å². The summed E-state index contributed by atoms with van der Waals surface area (Å²) in [6, 6.07) is 9.50. The van der Waals surface area contributed by atoms with Crippen molar-refractivity contribution in [2.75, 3.05) is 17.6 Å². The quantitative estimate of drug-likeness (QED) is 0.406. The van der Waals surface area contributed by atoms with Crippen LogP contribution in [-0.4, -0.2) is 45.6 Å². The monoisotopic (exact) mass is 461 g/mol. The van der Waals surface area contributed by atoms with E-state index >= 15 is 0 Å². The number of nitrogens with zero attached hydrogens (tertiary/aromatic N) is 5. The Kier molecular flexibility index (Phi) is 5.92. The lowest BCUT2D eigenvalue weighted by atomic mass is 10.2. The molecular weight excluding hydrogens is 444 g/mol. The van der Waals surface area contributed by atoms with Crippen molar-refractivity contribution in [2.45, 2.75) is 6.54 Å². The zero-order chi connectivity index (χ0) is 22.7. The van der Waals surface area contributed by atoms with Gasteiger partial charge in [0, 0.05) is 18.2 Å². The number of halogens is 2. The second-order valence-corrected chi connectivity index (χ2v) is 8.47. The molecule has 32 heavy (non-hydrogen) atoms. The molecule has 0 spiro atoms. The van der Waals surface area contributed by atoms with E-state index in [-0.39, 0.29) is 30.4 Å². The van der Waals surface area contributed by atoms with Gasteiger partial charge in [-0.2, -0.15) is 5.10 Å². The van der Waals surface area contributed by atoms with Crippen molar-refractivity contribution in [1.29, 1.82) is 0 Å². The number of aromatic nitrogens is 5. The molecule has 0 fully saturated rings. The second kappa shape index (κ2) is 8.80. The first-order chi connectivity index (χ1) is 15.3. The summed E-state index contributed by atoms with van der Waals surface area (Å²) >= 11 is 0. The minimum Gasteiger partial charge on any atom is -0.366 e. The summed E-state index contributed by atoms with van der Waals surface area (Å²) in [6.07, 6.45) is 2.32. The standard InChI is InChI=1S/C19H17F2N7O3S/c20-13-4-2-1-3-12(13)11-28-17(15-5-7-31-27-15)9-16(26-28)19-24-10-14(21)18(25-19)23-6-8-32(22,29)30/h1-5,7,9-10H,6,8,11H2,(H2,22,29,30)(H,23,24,25). The number of anilines is 1. The molecule has 1 aromatic carbocycles. The van der Waals surface area contributed by atoms with Gasteiger partial charge in [-0.3, -0.25) is 4.68 Å². The van der Waals surface area contributed by atoms with Crippen LogP contribution in [0.1, 0.15) is 5.56 Å². The molecule has 3 N–H and O–H groups in total. The number of nitrogens with one attached hydrogen (secondary N) is 1. The largest absolute Gasteiger partial charge is 0.366 e. The number of hydrogen-bond acceptors (Lipinski definition) is 8. The van der Waals surface area contributed by atoms with E-state index in [1.165, 1.54) is 17.0 Å². The van der Waals surface area contributed by atoms with Crippen LogP contribution >= 0.6 is 0 Å². The first kappa shape index (κ1) is 21.5. The third-order valence-electron chi connectivity index (χ3n) is 4.41. The van der Waals surface area contributed by atoms with Crippen LogP contribution in [0, 0.1) is 11.6 Å². The maximum Gasteiger partial charge on any atom is 0.210 e. The first-order valence-corrected chi connectivity index (χ1v) is 11.0. The van der Waals surface area contributed by atoms with Gasteiger partial charge in [-0.1, -0.05) is 23.4 Å². The first-order valence-electron chi connectivity index (χ1n) is 9.29. The molecule has 3 heterocycles. The van der Waals surface area contributed by atoms with Gasteiger partial charge in [-0.25, -0.2) is 32.3 Å². The predicted molar refractivity (Wildman–Crippen MR) is 111 cm³/mol. The van der Waals surface area contributed by atoms with Gasteiger partial charge in [0.15, 0.2) is 17.5 Å². The number of hydrogen-bond donors (Lipinski definition) is 2. The highest BCUT2D eigenvalue weighted by Gasteiger charge is 2.18. The molecule has 4 rings (SSSR count). The molecule has 0 saturated heterocycles. The van der Waals surface area contributed by atoms with Crippen LogP contribution in [-0.2, 0) is 16.6 Å². The highest BCUT2D eigenvalue weighted by molar-refractivity contribution is 7.89. The summed E-state index contributed by atoms with van der Waals surface area (Å²) in [7, 11) is -3.72. The number of primary sulfonamides is 1. The minimum absolute atomic E-state index is 0.0709. The van der Waals surface area contributed by atoms with Crippen molar-refractivity contribution in [1.82, 2.24) is 24.9 Å². The van der Waals surface area contributed by atoms with Crippen LogP contribution in [0.5, 0.6) is 0 Å². The van der Waals surface area contributed by atoms with Gasteiger partial charge in [0.05, 0.1) is 24.2 Å². The fourth-order valence-electron chi connectivity index (χ4n) is 2.91. The Morgan fingerprint density at radius 2 is 1.94 bits per heavy atom. The van der Waals surface area contributed by atoms with E-state index in [0.717, 1.165) is 6.20 Å². The Labute approximate surface area is 181 Å². The van der Waals surface area contributed by atoms with Crippen molar-refractivity contribution in [3.8, 4) is 22.9 Å². The number of rotatable bonds is 8. The Bertz CT molecular complexity index is 1340. The van der Waals surface area contributed by atoms with E-state index < -0.39 is 27.4 Å². The summed E-state index contributed by atoms with van der Waals surface area (Å²) in [5.74, 6) is -1.70. The average molecular weight is 461 g/mol. The Morgan fingerprint density at radius 1 is 1.12 bits per heavy atom. The molecule has 13 heteroatoms. The van der Waals surface area contributed by atoms with E-state index in [1.54, 1.807) is 30.3 Å². The summed E-state index contributed by atoms with van der Waals surface area (Å²) in [4.78, 5) is 8.06. The molecule has 4 aromatic rings. The molecule has 0 aliphatic heterocycles. The predicted octanol–water partition coefficient (Wildman–Crippen LogP) is 2.02. The van der Waals surface area contributed by atoms with E-state index in [1.807, 2.05) is 0 Å². The number of benzene rings is 1. The average Bonchev–Trinajstić information content (AvgIpc) is 3.40. The Hall–Kier alpha value is -3.71. The molecule has 0 atom stereocenters. The van der Waals surface area contributed by atoms with Crippen LogP contribution in [0.3, 0.4) is 0 Å². The van der Waals surface area contributed by atoms with E-state index in [2.05, 4.69) is 25.5 Å². The number of sulfonamides is 1. The van der Waals surface area contributed by atoms with Crippen molar-refractivity contribution < 1.29 is 21.7 Å². The van der Waals surface area contributed by atoms with Crippen LogP contribution < -0.4 is 10.5 Å². The maximum absolute atomic E-state index is 14.2. The van der Waals surface area contributed by atoms with Crippen LogP contribution in [0.25, 0.3) is 22.9 Å². The normalized spacial score (nSPS) is 11.6. The van der Waals surface area contributed by atoms with Gasteiger partial charge in [-0.15, -0.1) is 0 Å². The molecule has 0 bridgehead atoms. The van der Waals surface area contributed by atoms with Gasteiger partial charge in [0.1, 0.15) is 23.5 Å². The molecule has 0 saturated carbocycles. The Balaban J connectivity index is 1.68. The van der Waals surface area contributed by atoms with E-state index in [4.69, 9.17) is 9.66 Å². The third kappa shape index (κ3) is 4.95. The van der Waals surface area contributed by atoms with Gasteiger partial charge in [0.2, 0.25) is 10.0 Å². The second-order valence-electron chi connectivity index (χ2n) is 6.73. The summed E-state index contributed by atoms with van der Waals surface area (Å²) in [5.41, 5.74) is 1.63. The summed E-state index contributed by atoms with van der Waals surface area (Å²) in [6.45, 7) is -0.0480. The third-order valence-corrected chi connectivity index (χ3v) is 5.18. The molecule has 0 aliphatic rings. The van der Waals surface area contributed by atoms with Crippen LogP contribution in [0.2, 0.25) is 0 Å². The molecule has 0 unspecified atom stereocenters. The molecule has 0 amide bonds. The zero-order valence-corrected chi connectivity index (χ0v) is 17.3.